The van der Waals surface area contributed by atoms with Crippen LogP contribution in [0, 0.1) is 11.8 Å². The molecule has 3 aliphatic rings. The quantitative estimate of drug-likeness (QED) is 0.254. The van der Waals surface area contributed by atoms with Crippen molar-refractivity contribution in [1.29, 1.82) is 0 Å². The number of fused-ring (bicyclic) bond motifs is 2. The standard InChI is InChI=1S/C37H41F2N9O3/c1-24(49)46-16-11-32-31(23-46)36(47-13-6-7-25-17-29(27-21-42-44(2)22-27)30(35(38)39)18-33(25)47)43-48(32)28-9-14-45(15-10-28)12-5-3-4-8-34-40-19-26(20-41-34)37(50)51/h17-22,28,35H,4,6-16,23H2,1-2H3,(H,50,51). The number of likely N-dealkylation sites (tertiary alicyclic amines) is 1. The van der Waals surface area contributed by atoms with Gasteiger partial charge in [0.05, 0.1) is 30.9 Å². The highest BCUT2D eigenvalue weighted by atomic mass is 19.3. The number of benzene rings is 1. The molecule has 266 valence electrons. The molecule has 12 nitrogen and oxygen atoms in total. The number of aryl methyl sites for hydroxylation is 3. The van der Waals surface area contributed by atoms with Crippen molar-refractivity contribution in [3.05, 3.63) is 70.7 Å². The Bertz CT molecular complexity index is 1990. The minimum absolute atomic E-state index is 0.0116. The average Bonchev–Trinajstić information content (AvgIpc) is 3.74. The van der Waals surface area contributed by atoms with E-state index in [9.17, 15) is 18.4 Å². The molecule has 1 amide bonds. The predicted molar refractivity (Wildman–Crippen MR) is 186 cm³/mol. The average molecular weight is 698 g/mol. The van der Waals surface area contributed by atoms with Gasteiger partial charge in [-0.15, -0.1) is 5.92 Å². The van der Waals surface area contributed by atoms with Gasteiger partial charge >= 0.3 is 5.97 Å². The summed E-state index contributed by atoms with van der Waals surface area (Å²) in [4.78, 5) is 38.0. The Labute approximate surface area is 295 Å². The summed E-state index contributed by atoms with van der Waals surface area (Å²) >= 11 is 0. The molecule has 0 radical (unpaired) electrons. The molecule has 14 heteroatoms. The van der Waals surface area contributed by atoms with E-state index in [0.29, 0.717) is 62.4 Å². The topological polar surface area (TPSA) is 126 Å². The van der Waals surface area contributed by atoms with Crippen LogP contribution in [-0.4, -0.2) is 89.0 Å². The first-order valence-corrected chi connectivity index (χ1v) is 17.5. The molecule has 1 N–H and O–H groups in total. The second-order valence-electron chi connectivity index (χ2n) is 13.5. The number of nitrogens with zero attached hydrogens (tertiary/aromatic N) is 9. The number of alkyl halides is 2. The van der Waals surface area contributed by atoms with Gasteiger partial charge in [0.1, 0.15) is 5.82 Å². The Morgan fingerprint density at radius 3 is 2.51 bits per heavy atom. The van der Waals surface area contributed by atoms with E-state index < -0.39 is 12.4 Å². The van der Waals surface area contributed by atoms with E-state index in [1.165, 1.54) is 12.4 Å². The first-order valence-electron chi connectivity index (χ1n) is 17.5. The Morgan fingerprint density at radius 2 is 1.82 bits per heavy atom. The van der Waals surface area contributed by atoms with E-state index in [1.54, 1.807) is 37.1 Å². The molecule has 4 aromatic rings. The fraction of sp³-hybridized carbons (Fsp3) is 0.459. The highest BCUT2D eigenvalue weighted by Gasteiger charge is 2.34. The van der Waals surface area contributed by atoms with Crippen LogP contribution in [0.15, 0.2) is 36.9 Å². The molecule has 7 rings (SSSR count). The highest BCUT2D eigenvalue weighted by Crippen LogP contribution is 2.43. The molecule has 3 aromatic heterocycles. The number of piperidine rings is 1. The normalized spacial score (nSPS) is 16.5. The smallest absolute Gasteiger partial charge is 0.338 e. The fourth-order valence-corrected chi connectivity index (χ4v) is 7.42. The van der Waals surface area contributed by atoms with Crippen LogP contribution in [0.2, 0.25) is 0 Å². The van der Waals surface area contributed by atoms with Crippen molar-refractivity contribution < 1.29 is 23.5 Å². The molecule has 1 saturated heterocycles. The zero-order valence-electron chi connectivity index (χ0n) is 28.9. The first-order chi connectivity index (χ1) is 24.7. The van der Waals surface area contributed by atoms with Gasteiger partial charge in [-0.1, -0.05) is 5.92 Å². The minimum atomic E-state index is -2.66. The van der Waals surface area contributed by atoms with Gasteiger partial charge in [-0.25, -0.2) is 23.5 Å². The van der Waals surface area contributed by atoms with E-state index in [2.05, 4.69) is 41.4 Å². The summed E-state index contributed by atoms with van der Waals surface area (Å²) in [5, 5.41) is 18.5. The van der Waals surface area contributed by atoms with E-state index in [4.69, 9.17) is 10.2 Å². The fourth-order valence-electron chi connectivity index (χ4n) is 7.42. The molecule has 0 unspecified atom stereocenters. The number of amides is 1. The Kier molecular flexibility index (Phi) is 9.82. The molecule has 0 atom stereocenters. The number of aromatic carboxylic acids is 1. The van der Waals surface area contributed by atoms with Crippen molar-refractivity contribution in [3.63, 3.8) is 0 Å². The Hall–Kier alpha value is -5.16. The number of hydrogen-bond donors (Lipinski definition) is 1. The number of carbonyl (C=O) groups excluding carboxylic acids is 1. The van der Waals surface area contributed by atoms with Crippen LogP contribution in [0.5, 0.6) is 0 Å². The van der Waals surface area contributed by atoms with Crippen molar-refractivity contribution in [1.82, 2.24) is 39.3 Å². The van der Waals surface area contributed by atoms with Crippen molar-refractivity contribution >= 4 is 23.4 Å². The summed E-state index contributed by atoms with van der Waals surface area (Å²) in [6.07, 6.45) is 8.64. The molecule has 0 spiro atoms. The highest BCUT2D eigenvalue weighted by molar-refractivity contribution is 5.86. The summed E-state index contributed by atoms with van der Waals surface area (Å²) < 4.78 is 33.0. The van der Waals surface area contributed by atoms with Gasteiger partial charge in [-0.05, 0) is 48.9 Å². The zero-order chi connectivity index (χ0) is 35.6. The molecule has 6 heterocycles. The molecule has 0 saturated carbocycles. The lowest BCUT2D eigenvalue weighted by atomic mass is 9.92. The van der Waals surface area contributed by atoms with Crippen LogP contribution >= 0.6 is 0 Å². The third-order valence-electron chi connectivity index (χ3n) is 10.1. The molecule has 1 aromatic carbocycles. The zero-order valence-corrected chi connectivity index (χ0v) is 28.9. The van der Waals surface area contributed by atoms with Gasteiger partial charge in [-0.3, -0.25) is 19.1 Å². The van der Waals surface area contributed by atoms with Crippen molar-refractivity contribution in [2.24, 2.45) is 7.05 Å². The van der Waals surface area contributed by atoms with Gasteiger partial charge < -0.3 is 14.9 Å². The van der Waals surface area contributed by atoms with Gasteiger partial charge in [-0.2, -0.15) is 10.2 Å². The van der Waals surface area contributed by atoms with Crippen LogP contribution < -0.4 is 4.90 Å². The van der Waals surface area contributed by atoms with Crippen LogP contribution in [0.3, 0.4) is 0 Å². The lowest BCUT2D eigenvalue weighted by Gasteiger charge is -2.33. The molecule has 51 heavy (non-hydrogen) atoms. The number of anilines is 2. The monoisotopic (exact) mass is 697 g/mol. The van der Waals surface area contributed by atoms with Gasteiger partial charge in [0.2, 0.25) is 5.91 Å². The summed E-state index contributed by atoms with van der Waals surface area (Å²) in [6.45, 7) is 5.70. The Balaban J connectivity index is 1.09. The number of rotatable bonds is 8. The summed E-state index contributed by atoms with van der Waals surface area (Å²) in [6, 6.07) is 3.72. The molecular weight excluding hydrogens is 656 g/mol. The van der Waals surface area contributed by atoms with E-state index in [0.717, 1.165) is 67.1 Å². The number of carboxylic acids is 1. The predicted octanol–water partition coefficient (Wildman–Crippen LogP) is 4.97. The minimum Gasteiger partial charge on any atom is -0.478 e. The van der Waals surface area contributed by atoms with Crippen molar-refractivity contribution in [2.45, 2.75) is 70.9 Å². The van der Waals surface area contributed by atoms with Gasteiger partial charge in [0, 0.05) is 106 Å². The van der Waals surface area contributed by atoms with Crippen LogP contribution in [-0.2, 0) is 37.6 Å². The van der Waals surface area contributed by atoms with E-state index in [1.807, 2.05) is 11.0 Å². The SMILES string of the molecule is CC(=O)N1CCc2c(c(N3CCCc4cc(-c5cnn(C)c5)c(C(F)F)cc43)nn2C2CCN(CC#CCCc3ncc(C(=O)O)cn3)CC2)C1. The largest absolute Gasteiger partial charge is 0.478 e. The molecule has 3 aliphatic heterocycles. The number of aromatic nitrogens is 6. The maximum absolute atomic E-state index is 14.6. The number of carbonyl (C=O) groups is 2. The van der Waals surface area contributed by atoms with Crippen molar-refractivity contribution in [2.75, 3.05) is 37.6 Å². The third kappa shape index (κ3) is 7.21. The Morgan fingerprint density at radius 1 is 1.04 bits per heavy atom. The summed E-state index contributed by atoms with van der Waals surface area (Å²) in [5.41, 5.74) is 5.12. The number of hydrogen-bond acceptors (Lipinski definition) is 8. The molecular formula is C37H41F2N9O3. The van der Waals surface area contributed by atoms with Gasteiger partial charge in [0.25, 0.3) is 6.43 Å². The maximum atomic E-state index is 14.6. The van der Waals surface area contributed by atoms with E-state index in [-0.39, 0.29) is 23.1 Å². The molecule has 0 bridgehead atoms. The second kappa shape index (κ2) is 14.6. The van der Waals surface area contributed by atoms with Crippen molar-refractivity contribution in [3.8, 4) is 23.0 Å². The van der Waals surface area contributed by atoms with Crippen LogP contribution in [0.25, 0.3) is 11.1 Å². The lowest BCUT2D eigenvalue weighted by molar-refractivity contribution is -0.129. The molecule has 1 fully saturated rings. The summed E-state index contributed by atoms with van der Waals surface area (Å²) in [5.74, 6) is 6.75. The number of carboxylic acid groups (broad SMARTS) is 1. The lowest BCUT2D eigenvalue weighted by Crippen LogP contribution is -2.37. The molecule has 0 aliphatic carbocycles. The van der Waals surface area contributed by atoms with Crippen LogP contribution in [0.1, 0.15) is 83.6 Å². The van der Waals surface area contributed by atoms with Crippen LogP contribution in [0.4, 0.5) is 20.3 Å². The first kappa shape index (κ1) is 34.3. The van der Waals surface area contributed by atoms with E-state index >= 15 is 0 Å². The maximum Gasteiger partial charge on any atom is 0.338 e. The van der Waals surface area contributed by atoms with Gasteiger partial charge in [0.15, 0.2) is 5.82 Å². The number of halogens is 2. The third-order valence-corrected chi connectivity index (χ3v) is 10.1. The summed E-state index contributed by atoms with van der Waals surface area (Å²) in [7, 11) is 1.78. The second-order valence-corrected chi connectivity index (χ2v) is 13.5.